The quantitative estimate of drug-likeness (QED) is 0.693. The zero-order valence-corrected chi connectivity index (χ0v) is 15.0. The van der Waals surface area contributed by atoms with Gasteiger partial charge in [0.2, 0.25) is 0 Å². The molecule has 0 unspecified atom stereocenters. The first-order valence-electron chi connectivity index (χ1n) is 6.76. The molecule has 2 aromatic rings. The van der Waals surface area contributed by atoms with Crippen molar-refractivity contribution in [2.75, 3.05) is 24.7 Å². The normalized spacial score (nSPS) is 11.1. The number of sulfone groups is 1. The molecule has 0 atom stereocenters. The van der Waals surface area contributed by atoms with Gasteiger partial charge in [-0.15, -0.1) is 0 Å². The molecule has 1 aromatic carbocycles. The highest BCUT2D eigenvalue weighted by Crippen LogP contribution is 2.24. The second-order valence-corrected chi connectivity index (χ2v) is 7.71. The van der Waals surface area contributed by atoms with E-state index in [1.165, 1.54) is 24.7 Å². The third-order valence-electron chi connectivity index (χ3n) is 2.93. The number of carbonyl (C=O) groups is 1. The third kappa shape index (κ3) is 4.71. The van der Waals surface area contributed by atoms with Gasteiger partial charge in [0.25, 0.3) is 5.91 Å². The van der Waals surface area contributed by atoms with Crippen LogP contribution in [0.15, 0.2) is 40.1 Å². The number of aromatic nitrogens is 2. The number of rotatable bonds is 6. The van der Waals surface area contributed by atoms with E-state index in [4.69, 9.17) is 0 Å². The maximum atomic E-state index is 14.3. The number of amides is 1. The largest absolute Gasteiger partial charge is 0.367 e. The van der Waals surface area contributed by atoms with E-state index in [1.54, 1.807) is 0 Å². The SMILES string of the molecule is CS(=O)(=O)c1cc(Br)cc(C(=O)NCCNc2cnccn2)c1F. The van der Waals surface area contributed by atoms with E-state index >= 15 is 0 Å². The first-order valence-corrected chi connectivity index (χ1v) is 9.44. The molecule has 0 aliphatic carbocycles. The second kappa shape index (κ2) is 7.67. The number of nitrogens with zero attached hydrogens (tertiary/aromatic N) is 2. The highest BCUT2D eigenvalue weighted by molar-refractivity contribution is 9.10. The van der Waals surface area contributed by atoms with Crippen LogP contribution >= 0.6 is 15.9 Å². The van der Waals surface area contributed by atoms with Crippen molar-refractivity contribution in [2.45, 2.75) is 4.90 Å². The van der Waals surface area contributed by atoms with Crippen LogP contribution in [0.25, 0.3) is 0 Å². The maximum Gasteiger partial charge on any atom is 0.254 e. The molecule has 10 heteroatoms. The minimum absolute atomic E-state index is 0.190. The van der Waals surface area contributed by atoms with E-state index in [0.29, 0.717) is 16.8 Å². The lowest BCUT2D eigenvalue weighted by Crippen LogP contribution is -2.30. The lowest BCUT2D eigenvalue weighted by Gasteiger charge is -2.10. The molecule has 128 valence electrons. The lowest BCUT2D eigenvalue weighted by atomic mass is 10.2. The van der Waals surface area contributed by atoms with Crippen LogP contribution in [0, 0.1) is 5.82 Å². The van der Waals surface area contributed by atoms with Gasteiger partial charge in [-0.25, -0.2) is 17.8 Å². The van der Waals surface area contributed by atoms with Crippen molar-refractivity contribution < 1.29 is 17.6 Å². The average molecular weight is 417 g/mol. The summed E-state index contributed by atoms with van der Waals surface area (Å²) in [6.45, 7) is 0.536. The summed E-state index contributed by atoms with van der Waals surface area (Å²) in [5.41, 5.74) is -0.343. The Hall–Kier alpha value is -2.07. The summed E-state index contributed by atoms with van der Waals surface area (Å²) in [6, 6.07) is 2.35. The first-order chi connectivity index (χ1) is 11.3. The Balaban J connectivity index is 2.03. The van der Waals surface area contributed by atoms with E-state index in [0.717, 1.165) is 12.3 Å². The van der Waals surface area contributed by atoms with Crippen LogP contribution in [0.2, 0.25) is 0 Å². The van der Waals surface area contributed by atoms with Crippen molar-refractivity contribution in [1.82, 2.24) is 15.3 Å². The molecule has 0 fully saturated rings. The van der Waals surface area contributed by atoms with E-state index < -0.39 is 26.5 Å². The highest BCUT2D eigenvalue weighted by Gasteiger charge is 2.21. The molecule has 0 saturated heterocycles. The molecule has 0 bridgehead atoms. The van der Waals surface area contributed by atoms with Gasteiger partial charge in [0.1, 0.15) is 10.7 Å². The predicted molar refractivity (Wildman–Crippen MR) is 90.1 cm³/mol. The molecule has 2 N–H and O–H groups in total. The molecule has 0 spiro atoms. The molecule has 0 aliphatic heterocycles. The minimum atomic E-state index is -3.79. The van der Waals surface area contributed by atoms with Gasteiger partial charge in [-0.2, -0.15) is 0 Å². The fraction of sp³-hybridized carbons (Fsp3) is 0.214. The number of nitrogens with one attached hydrogen (secondary N) is 2. The molecule has 1 amide bonds. The van der Waals surface area contributed by atoms with Crippen LogP contribution in [0.3, 0.4) is 0 Å². The summed E-state index contributed by atoms with van der Waals surface area (Å²) in [5, 5.41) is 5.44. The molecular weight excluding hydrogens is 403 g/mol. The maximum absolute atomic E-state index is 14.3. The van der Waals surface area contributed by atoms with E-state index in [1.807, 2.05) is 0 Å². The summed E-state index contributed by atoms with van der Waals surface area (Å²) in [6.07, 6.45) is 5.45. The zero-order valence-electron chi connectivity index (χ0n) is 12.6. The van der Waals surface area contributed by atoms with Gasteiger partial charge < -0.3 is 10.6 Å². The minimum Gasteiger partial charge on any atom is -0.367 e. The van der Waals surface area contributed by atoms with Crippen LogP contribution in [0.4, 0.5) is 10.2 Å². The van der Waals surface area contributed by atoms with Crippen molar-refractivity contribution in [1.29, 1.82) is 0 Å². The highest BCUT2D eigenvalue weighted by atomic mass is 79.9. The predicted octanol–water partition coefficient (Wildman–Crippen LogP) is 1.62. The summed E-state index contributed by atoms with van der Waals surface area (Å²) < 4.78 is 37.7. The summed E-state index contributed by atoms with van der Waals surface area (Å²) >= 11 is 3.08. The van der Waals surface area contributed by atoms with Gasteiger partial charge in [0, 0.05) is 36.2 Å². The summed E-state index contributed by atoms with van der Waals surface area (Å²) in [7, 11) is -3.79. The summed E-state index contributed by atoms with van der Waals surface area (Å²) in [5.74, 6) is -1.24. The monoisotopic (exact) mass is 416 g/mol. The second-order valence-electron chi connectivity index (χ2n) is 4.81. The molecule has 1 heterocycles. The Kier molecular flexibility index (Phi) is 5.84. The van der Waals surface area contributed by atoms with Gasteiger partial charge in [0.05, 0.1) is 11.8 Å². The molecule has 0 aliphatic rings. The lowest BCUT2D eigenvalue weighted by molar-refractivity contribution is 0.0950. The van der Waals surface area contributed by atoms with Crippen LogP contribution < -0.4 is 10.6 Å². The van der Waals surface area contributed by atoms with Gasteiger partial charge in [0.15, 0.2) is 15.7 Å². The van der Waals surface area contributed by atoms with Crippen LogP contribution in [0.1, 0.15) is 10.4 Å². The fourth-order valence-corrected chi connectivity index (χ4v) is 3.24. The average Bonchev–Trinajstić information content (AvgIpc) is 2.53. The topological polar surface area (TPSA) is 101 Å². The van der Waals surface area contributed by atoms with Gasteiger partial charge in [-0.05, 0) is 12.1 Å². The summed E-state index contributed by atoms with van der Waals surface area (Å²) in [4.78, 5) is 19.4. The smallest absolute Gasteiger partial charge is 0.254 e. The van der Waals surface area contributed by atoms with Crippen molar-refractivity contribution in [3.63, 3.8) is 0 Å². The number of hydrogen-bond donors (Lipinski definition) is 2. The number of anilines is 1. The Morgan fingerprint density at radius 2 is 2.04 bits per heavy atom. The Labute approximate surface area is 146 Å². The molecule has 24 heavy (non-hydrogen) atoms. The molecular formula is C14H14BrFN4O3S. The van der Waals surface area contributed by atoms with E-state index in [9.17, 15) is 17.6 Å². The van der Waals surface area contributed by atoms with Crippen LogP contribution in [0.5, 0.6) is 0 Å². The Morgan fingerprint density at radius 3 is 2.67 bits per heavy atom. The molecule has 0 saturated carbocycles. The van der Waals surface area contributed by atoms with Gasteiger partial charge >= 0.3 is 0 Å². The van der Waals surface area contributed by atoms with Crippen molar-refractivity contribution in [3.8, 4) is 0 Å². The van der Waals surface area contributed by atoms with Crippen molar-refractivity contribution in [2.24, 2.45) is 0 Å². The van der Waals surface area contributed by atoms with Crippen molar-refractivity contribution in [3.05, 3.63) is 46.6 Å². The van der Waals surface area contributed by atoms with Crippen molar-refractivity contribution >= 4 is 37.5 Å². The van der Waals surface area contributed by atoms with Crippen LogP contribution in [-0.4, -0.2) is 43.6 Å². The Bertz CT molecular complexity index is 847. The fourth-order valence-electron chi connectivity index (χ4n) is 1.85. The third-order valence-corrected chi connectivity index (χ3v) is 4.48. The zero-order chi connectivity index (χ0) is 17.7. The Morgan fingerprint density at radius 1 is 1.29 bits per heavy atom. The first kappa shape index (κ1) is 18.3. The number of benzene rings is 1. The van der Waals surface area contributed by atoms with Crippen LogP contribution in [-0.2, 0) is 9.84 Å². The molecule has 0 radical (unpaired) electrons. The van der Waals surface area contributed by atoms with E-state index in [-0.39, 0.29) is 12.1 Å². The molecule has 7 nitrogen and oxygen atoms in total. The number of hydrogen-bond acceptors (Lipinski definition) is 6. The number of halogens is 2. The molecule has 1 aromatic heterocycles. The van der Waals surface area contributed by atoms with E-state index in [2.05, 4.69) is 36.5 Å². The molecule has 2 rings (SSSR count). The van der Waals surface area contributed by atoms with Gasteiger partial charge in [-0.3, -0.25) is 9.78 Å². The number of carbonyl (C=O) groups excluding carboxylic acids is 1. The standard InChI is InChI=1S/C14H14BrFN4O3S/c1-24(22,23)11-7-9(15)6-10(13(11)16)14(21)20-5-4-19-12-8-17-2-3-18-12/h2-3,6-8H,4-5H2,1H3,(H,18,19)(H,20,21). The van der Waals surface area contributed by atoms with Gasteiger partial charge in [-0.1, -0.05) is 15.9 Å².